The van der Waals surface area contributed by atoms with Crippen molar-refractivity contribution in [3.05, 3.63) is 29.8 Å². The van der Waals surface area contributed by atoms with Crippen LogP contribution in [0.3, 0.4) is 0 Å². The van der Waals surface area contributed by atoms with Crippen molar-refractivity contribution in [3.63, 3.8) is 0 Å². The zero-order valence-electron chi connectivity index (χ0n) is 18.1. The number of rotatable bonds is 9. The highest BCUT2D eigenvalue weighted by Gasteiger charge is 2.22. The fourth-order valence-electron chi connectivity index (χ4n) is 3.37. The van der Waals surface area contributed by atoms with Crippen LogP contribution in [0.4, 0.5) is 5.69 Å². The van der Waals surface area contributed by atoms with E-state index in [4.69, 9.17) is 0 Å². The first-order valence-corrected chi connectivity index (χ1v) is 12.4. The van der Waals surface area contributed by atoms with Gasteiger partial charge in [0.2, 0.25) is 5.91 Å². The van der Waals surface area contributed by atoms with Crippen LogP contribution in [0, 0.1) is 5.92 Å². The Labute approximate surface area is 197 Å². The molecule has 0 aromatic heterocycles. The predicted molar refractivity (Wildman–Crippen MR) is 134 cm³/mol. The molecule has 1 aromatic carbocycles. The van der Waals surface area contributed by atoms with Gasteiger partial charge in [0.25, 0.3) is 0 Å². The summed E-state index contributed by atoms with van der Waals surface area (Å²) in [5.74, 6) is 1.03. The van der Waals surface area contributed by atoms with E-state index < -0.39 is 9.84 Å². The van der Waals surface area contributed by atoms with Crippen LogP contribution in [-0.4, -0.2) is 44.9 Å². The van der Waals surface area contributed by atoms with Crippen LogP contribution in [0.2, 0.25) is 0 Å². The van der Waals surface area contributed by atoms with E-state index >= 15 is 0 Å². The van der Waals surface area contributed by atoms with E-state index in [0.717, 1.165) is 36.9 Å². The largest absolute Gasteiger partial charge is 0.357 e. The van der Waals surface area contributed by atoms with Crippen molar-refractivity contribution in [2.45, 2.75) is 58.5 Å². The third-order valence-corrected chi connectivity index (χ3v) is 5.97. The maximum atomic E-state index is 12.3. The smallest absolute Gasteiger partial charge is 0.227 e. The number of guanidine groups is 1. The monoisotopic (exact) mass is 550 g/mol. The number of carbonyl (C=O) groups is 1. The van der Waals surface area contributed by atoms with E-state index in [1.807, 2.05) is 38.1 Å². The molecule has 0 spiro atoms. The van der Waals surface area contributed by atoms with Gasteiger partial charge >= 0.3 is 0 Å². The summed E-state index contributed by atoms with van der Waals surface area (Å²) in [6.45, 7) is 5.10. The van der Waals surface area contributed by atoms with Gasteiger partial charge in [-0.3, -0.25) is 4.79 Å². The number of halogens is 1. The molecule has 0 radical (unpaired) electrons. The first-order chi connectivity index (χ1) is 13.8. The van der Waals surface area contributed by atoms with Crippen LogP contribution >= 0.6 is 24.0 Å². The summed E-state index contributed by atoms with van der Waals surface area (Å²) < 4.78 is 22.7. The fraction of sp³-hybridized carbons (Fsp3) is 0.619. The second-order valence-corrected chi connectivity index (χ2v) is 10.1. The van der Waals surface area contributed by atoms with Crippen LogP contribution in [0.25, 0.3) is 0 Å². The molecule has 0 heterocycles. The molecule has 30 heavy (non-hydrogen) atoms. The molecule has 0 aliphatic heterocycles. The normalized spacial score (nSPS) is 15.9. The summed E-state index contributed by atoms with van der Waals surface area (Å²) in [4.78, 5) is 16.9. The molecule has 1 atom stereocenters. The molecule has 1 unspecified atom stereocenters. The van der Waals surface area contributed by atoms with E-state index in [9.17, 15) is 13.2 Å². The fourth-order valence-corrected chi connectivity index (χ4v) is 4.15. The Balaban J connectivity index is 0.00000450. The molecule has 1 aliphatic carbocycles. The lowest BCUT2D eigenvalue weighted by atomic mass is 10.1. The van der Waals surface area contributed by atoms with Gasteiger partial charge in [-0.15, -0.1) is 24.0 Å². The Morgan fingerprint density at radius 3 is 2.60 bits per heavy atom. The Kier molecular flexibility index (Phi) is 11.7. The van der Waals surface area contributed by atoms with E-state index in [2.05, 4.69) is 20.9 Å². The first kappa shape index (κ1) is 26.7. The van der Waals surface area contributed by atoms with Crippen molar-refractivity contribution < 1.29 is 13.2 Å². The minimum Gasteiger partial charge on any atom is -0.357 e. The number of nitrogens with one attached hydrogen (secondary N) is 3. The number of hydrogen-bond acceptors (Lipinski definition) is 4. The van der Waals surface area contributed by atoms with E-state index in [1.165, 1.54) is 6.26 Å². The van der Waals surface area contributed by atoms with Gasteiger partial charge in [-0.2, -0.15) is 0 Å². The Hall–Kier alpha value is -1.36. The molecule has 1 aromatic rings. The average Bonchev–Trinajstić information content (AvgIpc) is 3.19. The molecular weight excluding hydrogens is 515 g/mol. The highest BCUT2D eigenvalue weighted by atomic mass is 127. The second kappa shape index (κ2) is 13.1. The van der Waals surface area contributed by atoms with Crippen molar-refractivity contribution in [2.75, 3.05) is 23.9 Å². The number of benzene rings is 1. The average molecular weight is 551 g/mol. The van der Waals surface area contributed by atoms with Crippen molar-refractivity contribution in [2.24, 2.45) is 10.9 Å². The standard InChI is InChI=1S/C21H34N4O3S.HI/c1-4-22-21(24-16(2)12-13-29(3,27)28)23-15-17-8-7-11-19(14-17)25-20(26)18-9-5-6-10-18;/h7-8,11,14,16,18H,4-6,9-10,12-13,15H2,1-3H3,(H,25,26)(H2,22,23,24);1H. The SMILES string of the molecule is CCNC(=NCc1cccc(NC(=O)C2CCCC2)c1)NC(C)CCS(C)(=O)=O.I. The number of nitrogens with zero attached hydrogens (tertiary/aromatic N) is 1. The molecule has 0 bridgehead atoms. The van der Waals surface area contributed by atoms with Crippen LogP contribution in [0.1, 0.15) is 51.5 Å². The quantitative estimate of drug-likeness (QED) is 0.249. The molecule has 2 rings (SSSR count). The minimum absolute atomic E-state index is 0. The van der Waals surface area contributed by atoms with Crippen LogP contribution in [0.15, 0.2) is 29.3 Å². The van der Waals surface area contributed by atoms with Gasteiger partial charge in [-0.05, 0) is 50.8 Å². The third kappa shape index (κ3) is 10.1. The van der Waals surface area contributed by atoms with Crippen molar-refractivity contribution in [1.82, 2.24) is 10.6 Å². The molecule has 1 fully saturated rings. The lowest BCUT2D eigenvalue weighted by molar-refractivity contribution is -0.119. The Morgan fingerprint density at radius 1 is 1.27 bits per heavy atom. The van der Waals surface area contributed by atoms with Gasteiger partial charge < -0.3 is 16.0 Å². The van der Waals surface area contributed by atoms with Gasteiger partial charge in [-0.25, -0.2) is 13.4 Å². The summed E-state index contributed by atoms with van der Waals surface area (Å²) in [6.07, 6.45) is 5.99. The highest BCUT2D eigenvalue weighted by molar-refractivity contribution is 14.0. The summed E-state index contributed by atoms with van der Waals surface area (Å²) in [5, 5.41) is 9.46. The number of aliphatic imine (C=N–C) groups is 1. The van der Waals surface area contributed by atoms with Gasteiger partial charge in [0.05, 0.1) is 12.3 Å². The molecule has 1 aliphatic rings. The third-order valence-electron chi connectivity index (χ3n) is 4.99. The summed E-state index contributed by atoms with van der Waals surface area (Å²) in [6, 6.07) is 7.74. The van der Waals surface area contributed by atoms with Gasteiger partial charge in [-0.1, -0.05) is 25.0 Å². The van der Waals surface area contributed by atoms with Crippen LogP contribution in [0.5, 0.6) is 0 Å². The summed E-state index contributed by atoms with van der Waals surface area (Å²) in [7, 11) is -2.98. The Morgan fingerprint density at radius 2 is 1.97 bits per heavy atom. The van der Waals surface area contributed by atoms with Gasteiger partial charge in [0, 0.05) is 30.4 Å². The first-order valence-electron chi connectivity index (χ1n) is 10.4. The molecule has 170 valence electrons. The van der Waals surface area contributed by atoms with Crippen LogP contribution < -0.4 is 16.0 Å². The van der Waals surface area contributed by atoms with Crippen molar-refractivity contribution in [3.8, 4) is 0 Å². The maximum absolute atomic E-state index is 12.3. The lowest BCUT2D eigenvalue weighted by Crippen LogP contribution is -2.42. The number of sulfone groups is 1. The number of hydrogen-bond donors (Lipinski definition) is 3. The van der Waals surface area contributed by atoms with E-state index in [-0.39, 0.29) is 47.6 Å². The van der Waals surface area contributed by atoms with Gasteiger partial charge in [0.15, 0.2) is 5.96 Å². The maximum Gasteiger partial charge on any atom is 0.227 e. The molecule has 7 nitrogen and oxygen atoms in total. The molecule has 9 heteroatoms. The number of anilines is 1. The number of amides is 1. The van der Waals surface area contributed by atoms with Gasteiger partial charge in [0.1, 0.15) is 9.84 Å². The second-order valence-electron chi connectivity index (χ2n) is 7.83. The lowest BCUT2D eigenvalue weighted by Gasteiger charge is -2.17. The zero-order valence-corrected chi connectivity index (χ0v) is 21.3. The topological polar surface area (TPSA) is 99.7 Å². The van der Waals surface area contributed by atoms with Crippen molar-refractivity contribution >= 4 is 51.4 Å². The molecular formula is C21H35IN4O3S. The van der Waals surface area contributed by atoms with Crippen molar-refractivity contribution in [1.29, 1.82) is 0 Å². The van der Waals surface area contributed by atoms with E-state index in [1.54, 1.807) is 0 Å². The molecule has 0 saturated heterocycles. The Bertz CT molecular complexity index is 808. The number of carbonyl (C=O) groups excluding carboxylic acids is 1. The van der Waals surface area contributed by atoms with E-state index in [0.29, 0.717) is 25.5 Å². The zero-order chi connectivity index (χ0) is 21.3. The summed E-state index contributed by atoms with van der Waals surface area (Å²) >= 11 is 0. The minimum atomic E-state index is -2.98. The highest BCUT2D eigenvalue weighted by Crippen LogP contribution is 2.26. The molecule has 3 N–H and O–H groups in total. The van der Waals surface area contributed by atoms with Crippen LogP contribution in [-0.2, 0) is 21.2 Å². The molecule has 1 saturated carbocycles. The molecule has 1 amide bonds. The predicted octanol–water partition coefficient (Wildman–Crippen LogP) is 3.31. The summed E-state index contributed by atoms with van der Waals surface area (Å²) in [5.41, 5.74) is 1.80.